The monoisotopic (exact) mass is 422 g/mol. The zero-order valence-electron chi connectivity index (χ0n) is 16.0. The number of hydrogen-bond donors (Lipinski definition) is 1. The molecular formula is C18H25F3N2O4S. The Bertz CT molecular complexity index is 679. The highest BCUT2D eigenvalue weighted by Gasteiger charge is 2.42. The van der Waals surface area contributed by atoms with Crippen LogP contribution < -0.4 is 0 Å². The molecule has 2 saturated heterocycles. The van der Waals surface area contributed by atoms with Crippen molar-refractivity contribution in [3.8, 4) is 0 Å². The Morgan fingerprint density at radius 1 is 1.36 bits per heavy atom. The van der Waals surface area contributed by atoms with Gasteiger partial charge in [0.2, 0.25) is 5.91 Å². The molecule has 1 aromatic rings. The van der Waals surface area contributed by atoms with Gasteiger partial charge >= 0.3 is 12.1 Å². The lowest BCUT2D eigenvalue weighted by Crippen LogP contribution is -2.29. The fourth-order valence-electron chi connectivity index (χ4n) is 3.36. The number of halogens is 3. The number of aryl methyl sites for hydroxylation is 1. The first-order valence-electron chi connectivity index (χ1n) is 8.88. The number of ether oxygens (including phenoxy) is 1. The Hall–Kier alpha value is -1.65. The molecule has 1 aromatic heterocycles. The van der Waals surface area contributed by atoms with E-state index in [2.05, 4.69) is 23.3 Å². The summed E-state index contributed by atoms with van der Waals surface area (Å²) in [5.74, 6) is -1.98. The number of carboxylic acids is 1. The maximum Gasteiger partial charge on any atom is 0.490 e. The van der Waals surface area contributed by atoms with Crippen LogP contribution >= 0.6 is 11.3 Å². The fraction of sp³-hybridized carbons (Fsp3) is 0.667. The minimum absolute atomic E-state index is 0.125. The van der Waals surface area contributed by atoms with E-state index in [1.54, 1.807) is 4.90 Å². The number of thiophene rings is 1. The summed E-state index contributed by atoms with van der Waals surface area (Å²) < 4.78 is 37.8. The molecule has 28 heavy (non-hydrogen) atoms. The second-order valence-corrected chi connectivity index (χ2v) is 8.31. The van der Waals surface area contributed by atoms with Crippen molar-refractivity contribution in [2.24, 2.45) is 5.92 Å². The highest BCUT2D eigenvalue weighted by molar-refractivity contribution is 7.10. The van der Waals surface area contributed by atoms with E-state index in [4.69, 9.17) is 14.6 Å². The average Bonchev–Trinajstić information content (AvgIpc) is 3.23. The number of alkyl halides is 3. The van der Waals surface area contributed by atoms with Gasteiger partial charge in [0.25, 0.3) is 0 Å². The number of rotatable bonds is 4. The van der Waals surface area contributed by atoms with Gasteiger partial charge in [-0.2, -0.15) is 13.2 Å². The third-order valence-electron chi connectivity index (χ3n) is 4.87. The number of carbonyl (C=O) groups excluding carboxylic acids is 1. The van der Waals surface area contributed by atoms with Crippen LogP contribution in [0.15, 0.2) is 11.4 Å². The van der Waals surface area contributed by atoms with Gasteiger partial charge in [0.15, 0.2) is 0 Å². The zero-order chi connectivity index (χ0) is 21.1. The van der Waals surface area contributed by atoms with Gasteiger partial charge in [-0.05, 0) is 30.4 Å². The molecule has 0 aromatic carbocycles. The molecule has 0 saturated carbocycles. The number of aliphatic carboxylic acids is 1. The molecule has 0 bridgehead atoms. The number of fused-ring (bicyclic) bond motifs is 1. The smallest absolute Gasteiger partial charge is 0.475 e. The minimum Gasteiger partial charge on any atom is -0.475 e. The molecule has 0 aliphatic carbocycles. The third kappa shape index (κ3) is 6.18. The molecular weight excluding hydrogens is 397 g/mol. The van der Waals surface area contributed by atoms with Gasteiger partial charge < -0.3 is 14.7 Å². The Labute approximate surface area is 165 Å². The lowest BCUT2D eigenvalue weighted by atomic mass is 10.0. The minimum atomic E-state index is -5.08. The summed E-state index contributed by atoms with van der Waals surface area (Å²) in [4.78, 5) is 26.3. The van der Waals surface area contributed by atoms with Gasteiger partial charge in [-0.25, -0.2) is 4.79 Å². The van der Waals surface area contributed by atoms with Gasteiger partial charge in [0.1, 0.15) is 0 Å². The molecule has 2 fully saturated rings. The molecule has 158 valence electrons. The number of carboxylic acid groups (broad SMARTS) is 1. The van der Waals surface area contributed by atoms with E-state index in [1.165, 1.54) is 10.4 Å². The van der Waals surface area contributed by atoms with Crippen molar-refractivity contribution in [2.75, 3.05) is 27.2 Å². The maximum atomic E-state index is 11.8. The lowest BCUT2D eigenvalue weighted by molar-refractivity contribution is -0.192. The van der Waals surface area contributed by atoms with Crippen LogP contribution in [0.25, 0.3) is 0 Å². The third-order valence-corrected chi connectivity index (χ3v) is 5.88. The Morgan fingerprint density at radius 2 is 2.00 bits per heavy atom. The summed E-state index contributed by atoms with van der Waals surface area (Å²) in [5, 5.41) is 9.29. The van der Waals surface area contributed by atoms with Crippen molar-refractivity contribution in [2.45, 2.75) is 44.7 Å². The van der Waals surface area contributed by atoms with Crippen molar-refractivity contribution in [1.82, 2.24) is 9.80 Å². The Morgan fingerprint density at radius 3 is 2.46 bits per heavy atom. The first kappa shape index (κ1) is 22.6. The molecule has 1 N–H and O–H groups in total. The molecule has 0 unspecified atom stereocenters. The predicted molar refractivity (Wildman–Crippen MR) is 98.1 cm³/mol. The number of likely N-dealkylation sites (tertiary alicyclic amines) is 1. The highest BCUT2D eigenvalue weighted by atomic mass is 32.1. The van der Waals surface area contributed by atoms with Gasteiger partial charge in [0.05, 0.1) is 18.6 Å². The normalized spacial score (nSPS) is 24.4. The molecule has 1 amide bonds. The van der Waals surface area contributed by atoms with Crippen LogP contribution in [0.5, 0.6) is 0 Å². The van der Waals surface area contributed by atoms with Crippen molar-refractivity contribution in [3.63, 3.8) is 0 Å². The SMILES string of the molecule is Cc1ccsc1CN1C[C@@H]2C[C@@H](CC(=O)N(C)C)O[C@@H]2C1.O=C(O)C(F)(F)F. The summed E-state index contributed by atoms with van der Waals surface area (Å²) in [6.07, 6.45) is -3.07. The first-order valence-corrected chi connectivity index (χ1v) is 9.76. The molecule has 3 heterocycles. The van der Waals surface area contributed by atoms with E-state index in [9.17, 15) is 18.0 Å². The van der Waals surface area contributed by atoms with Crippen molar-refractivity contribution >= 4 is 23.2 Å². The van der Waals surface area contributed by atoms with E-state index in [0.29, 0.717) is 18.4 Å². The zero-order valence-corrected chi connectivity index (χ0v) is 16.8. The van der Waals surface area contributed by atoms with Crippen molar-refractivity contribution in [3.05, 3.63) is 21.9 Å². The van der Waals surface area contributed by atoms with Crippen LogP contribution in [0.1, 0.15) is 23.3 Å². The van der Waals surface area contributed by atoms with Crippen LogP contribution in [0.4, 0.5) is 13.2 Å². The molecule has 2 aliphatic rings. The quantitative estimate of drug-likeness (QED) is 0.808. The summed E-state index contributed by atoms with van der Waals surface area (Å²) in [6, 6.07) is 2.19. The largest absolute Gasteiger partial charge is 0.490 e. The topological polar surface area (TPSA) is 70.1 Å². The van der Waals surface area contributed by atoms with Crippen molar-refractivity contribution in [1.29, 1.82) is 0 Å². The molecule has 3 atom stereocenters. The fourth-order valence-corrected chi connectivity index (χ4v) is 4.30. The van der Waals surface area contributed by atoms with E-state index >= 15 is 0 Å². The van der Waals surface area contributed by atoms with E-state index in [0.717, 1.165) is 26.1 Å². The highest BCUT2D eigenvalue weighted by Crippen LogP contribution is 2.35. The summed E-state index contributed by atoms with van der Waals surface area (Å²) in [5.41, 5.74) is 1.40. The van der Waals surface area contributed by atoms with Gasteiger partial charge in [-0.3, -0.25) is 9.69 Å². The number of amides is 1. The average molecular weight is 422 g/mol. The van der Waals surface area contributed by atoms with Crippen molar-refractivity contribution < 1.29 is 32.6 Å². The second-order valence-electron chi connectivity index (χ2n) is 7.31. The van der Waals surface area contributed by atoms with Crippen LogP contribution in [0, 0.1) is 12.8 Å². The Balaban J connectivity index is 0.000000345. The van der Waals surface area contributed by atoms with Crippen LogP contribution in [-0.2, 0) is 20.9 Å². The number of carbonyl (C=O) groups is 2. The van der Waals surface area contributed by atoms with Crippen LogP contribution in [0.3, 0.4) is 0 Å². The molecule has 3 rings (SSSR count). The van der Waals surface area contributed by atoms with Gasteiger partial charge in [-0.15, -0.1) is 11.3 Å². The molecule has 2 aliphatic heterocycles. The number of hydrogen-bond acceptors (Lipinski definition) is 5. The second kappa shape index (κ2) is 9.23. The summed E-state index contributed by atoms with van der Waals surface area (Å²) >= 11 is 1.84. The van der Waals surface area contributed by atoms with E-state index in [1.807, 2.05) is 25.4 Å². The molecule has 0 spiro atoms. The summed E-state index contributed by atoms with van der Waals surface area (Å²) in [6.45, 7) is 5.34. The van der Waals surface area contributed by atoms with Crippen LogP contribution in [0.2, 0.25) is 0 Å². The summed E-state index contributed by atoms with van der Waals surface area (Å²) in [7, 11) is 3.62. The van der Waals surface area contributed by atoms with E-state index < -0.39 is 12.1 Å². The Kier molecular flexibility index (Phi) is 7.46. The first-order chi connectivity index (χ1) is 13.0. The molecule has 0 radical (unpaired) electrons. The van der Waals surface area contributed by atoms with Crippen LogP contribution in [-0.4, -0.2) is 72.4 Å². The predicted octanol–water partition coefficient (Wildman–Crippen LogP) is 2.76. The number of nitrogens with zero attached hydrogens (tertiary/aromatic N) is 2. The lowest BCUT2D eigenvalue weighted by Gasteiger charge is -2.19. The maximum absolute atomic E-state index is 11.8. The molecule has 10 heteroatoms. The van der Waals surface area contributed by atoms with Gasteiger partial charge in [0, 0.05) is 44.5 Å². The van der Waals surface area contributed by atoms with Gasteiger partial charge in [-0.1, -0.05) is 0 Å². The molecule has 6 nitrogen and oxygen atoms in total. The van der Waals surface area contributed by atoms with E-state index in [-0.39, 0.29) is 12.0 Å². The standard InChI is InChI=1S/C16H24N2O2S.C2HF3O2/c1-11-4-5-21-15(11)10-18-8-12-6-13(20-14(12)9-18)7-16(19)17(2)3;3-2(4,5)1(6)7/h4-5,12-14H,6-10H2,1-3H3;(H,6,7)/t12-,13-,14+;/m0./s1.